The van der Waals surface area contributed by atoms with E-state index in [2.05, 4.69) is 0 Å². The highest BCUT2D eigenvalue weighted by molar-refractivity contribution is 5.48. The molecule has 4 heteroatoms. The molecule has 0 saturated carbocycles. The van der Waals surface area contributed by atoms with Crippen LogP contribution in [-0.2, 0) is 6.42 Å². The monoisotopic (exact) mass is 262 g/mol. The number of benzene rings is 1. The van der Waals surface area contributed by atoms with E-state index in [-0.39, 0.29) is 0 Å². The topological polar surface area (TPSA) is 51.8 Å². The number of hydrogen-bond acceptors (Lipinski definition) is 4. The second-order valence-electron chi connectivity index (χ2n) is 4.14. The second kappa shape index (κ2) is 5.80. The van der Waals surface area contributed by atoms with Crippen LogP contribution in [0.5, 0.6) is 11.5 Å². The summed E-state index contributed by atoms with van der Waals surface area (Å²) in [5.74, 6) is 2.46. The average molecular weight is 262 g/mol. The van der Waals surface area contributed by atoms with Gasteiger partial charge in [0, 0.05) is 6.42 Å². The molecule has 2 aromatic rings. The molecule has 1 atom stereocenters. The fourth-order valence-electron chi connectivity index (χ4n) is 2.02. The Labute approximate surface area is 112 Å². The first-order chi connectivity index (χ1) is 9.21. The molecule has 2 rings (SSSR count). The number of aryl methyl sites for hydroxylation is 1. The van der Waals surface area contributed by atoms with Crippen LogP contribution >= 0.6 is 0 Å². The molecule has 0 aliphatic rings. The third-order valence-corrected chi connectivity index (χ3v) is 3.04. The summed E-state index contributed by atoms with van der Waals surface area (Å²) in [5, 5.41) is 10.5. The van der Waals surface area contributed by atoms with Gasteiger partial charge in [-0.2, -0.15) is 0 Å². The van der Waals surface area contributed by atoms with Gasteiger partial charge >= 0.3 is 0 Å². The summed E-state index contributed by atoms with van der Waals surface area (Å²) < 4.78 is 16.2. The van der Waals surface area contributed by atoms with Crippen LogP contribution in [0.15, 0.2) is 34.7 Å². The van der Waals surface area contributed by atoms with E-state index in [0.717, 1.165) is 12.2 Å². The van der Waals surface area contributed by atoms with Crippen LogP contribution in [0.4, 0.5) is 0 Å². The molecule has 1 N–H and O–H groups in total. The van der Waals surface area contributed by atoms with Crippen LogP contribution in [0, 0.1) is 0 Å². The number of aliphatic hydroxyl groups excluding tert-OH is 1. The second-order valence-corrected chi connectivity index (χ2v) is 4.14. The van der Waals surface area contributed by atoms with Crippen molar-refractivity contribution in [1.29, 1.82) is 0 Å². The Morgan fingerprint density at radius 3 is 2.21 bits per heavy atom. The van der Waals surface area contributed by atoms with Gasteiger partial charge in [0.15, 0.2) is 0 Å². The molecule has 0 aliphatic carbocycles. The minimum Gasteiger partial charge on any atom is -0.496 e. The third-order valence-electron chi connectivity index (χ3n) is 3.04. The molecule has 1 unspecified atom stereocenters. The zero-order valence-electron chi connectivity index (χ0n) is 11.3. The van der Waals surface area contributed by atoms with Gasteiger partial charge in [0.2, 0.25) is 0 Å². The SMILES string of the molecule is CCc1ccc(C(O)c2c(OC)cccc2OC)o1. The number of rotatable bonds is 5. The number of aliphatic hydroxyl groups is 1. The van der Waals surface area contributed by atoms with E-state index in [1.807, 2.05) is 19.1 Å². The van der Waals surface area contributed by atoms with Crippen molar-refractivity contribution in [2.24, 2.45) is 0 Å². The van der Waals surface area contributed by atoms with Crippen molar-refractivity contribution in [2.45, 2.75) is 19.4 Å². The predicted octanol–water partition coefficient (Wildman–Crippen LogP) is 2.94. The lowest BCUT2D eigenvalue weighted by atomic mass is 10.0. The molecular formula is C15H18O4. The zero-order valence-corrected chi connectivity index (χ0v) is 11.3. The van der Waals surface area contributed by atoms with Gasteiger partial charge in [0.1, 0.15) is 29.1 Å². The molecule has 102 valence electrons. The Kier molecular flexibility index (Phi) is 4.12. The van der Waals surface area contributed by atoms with Gasteiger partial charge in [0.25, 0.3) is 0 Å². The van der Waals surface area contributed by atoms with Crippen LogP contribution in [0.25, 0.3) is 0 Å². The maximum absolute atomic E-state index is 10.5. The largest absolute Gasteiger partial charge is 0.496 e. The van der Waals surface area contributed by atoms with E-state index < -0.39 is 6.10 Å². The van der Waals surface area contributed by atoms with Gasteiger partial charge in [-0.3, -0.25) is 0 Å². The Bertz CT molecular complexity index is 523. The summed E-state index contributed by atoms with van der Waals surface area (Å²) in [7, 11) is 3.12. The van der Waals surface area contributed by atoms with E-state index in [9.17, 15) is 5.11 Å². The van der Waals surface area contributed by atoms with Crippen LogP contribution < -0.4 is 9.47 Å². The molecular weight excluding hydrogens is 244 g/mol. The van der Waals surface area contributed by atoms with Crippen molar-refractivity contribution in [2.75, 3.05) is 14.2 Å². The normalized spacial score (nSPS) is 12.2. The molecule has 0 spiro atoms. The Hall–Kier alpha value is -1.94. The third kappa shape index (κ3) is 2.58. The van der Waals surface area contributed by atoms with Crippen molar-refractivity contribution in [3.8, 4) is 11.5 Å². The van der Waals surface area contributed by atoms with Crippen LogP contribution in [-0.4, -0.2) is 19.3 Å². The highest BCUT2D eigenvalue weighted by atomic mass is 16.5. The summed E-state index contributed by atoms with van der Waals surface area (Å²) in [4.78, 5) is 0. The van der Waals surface area contributed by atoms with Crippen molar-refractivity contribution in [3.05, 3.63) is 47.4 Å². The maximum atomic E-state index is 10.5. The molecule has 0 radical (unpaired) electrons. The van der Waals surface area contributed by atoms with E-state index in [1.54, 1.807) is 32.4 Å². The number of methoxy groups -OCH3 is 2. The molecule has 0 aliphatic heterocycles. The number of ether oxygens (including phenoxy) is 2. The van der Waals surface area contributed by atoms with E-state index in [1.165, 1.54) is 0 Å². The maximum Gasteiger partial charge on any atom is 0.144 e. The van der Waals surface area contributed by atoms with Crippen LogP contribution in [0.3, 0.4) is 0 Å². The quantitative estimate of drug-likeness (QED) is 0.900. The molecule has 0 fully saturated rings. The zero-order chi connectivity index (χ0) is 13.8. The molecule has 0 amide bonds. The summed E-state index contributed by atoms with van der Waals surface area (Å²) in [6, 6.07) is 9.01. The van der Waals surface area contributed by atoms with Gasteiger partial charge in [-0.05, 0) is 24.3 Å². The minimum atomic E-state index is -0.911. The molecule has 0 saturated heterocycles. The lowest BCUT2D eigenvalue weighted by Crippen LogP contribution is -2.04. The minimum absolute atomic E-state index is 0.486. The first-order valence-corrected chi connectivity index (χ1v) is 6.18. The number of furan rings is 1. The van der Waals surface area contributed by atoms with Crippen molar-refractivity contribution >= 4 is 0 Å². The first kappa shape index (κ1) is 13.5. The van der Waals surface area contributed by atoms with Crippen LogP contribution in [0.1, 0.15) is 30.1 Å². The lowest BCUT2D eigenvalue weighted by molar-refractivity contribution is 0.178. The first-order valence-electron chi connectivity index (χ1n) is 6.18. The molecule has 0 bridgehead atoms. The lowest BCUT2D eigenvalue weighted by Gasteiger charge is -2.16. The summed E-state index contributed by atoms with van der Waals surface area (Å²) >= 11 is 0. The van der Waals surface area contributed by atoms with Crippen molar-refractivity contribution < 1.29 is 19.0 Å². The fourth-order valence-corrected chi connectivity index (χ4v) is 2.02. The molecule has 19 heavy (non-hydrogen) atoms. The Balaban J connectivity index is 2.44. The van der Waals surface area contributed by atoms with Gasteiger partial charge in [-0.15, -0.1) is 0 Å². The fraction of sp³-hybridized carbons (Fsp3) is 0.333. The molecule has 1 heterocycles. The van der Waals surface area contributed by atoms with Gasteiger partial charge in [-0.1, -0.05) is 13.0 Å². The smallest absolute Gasteiger partial charge is 0.144 e. The van der Waals surface area contributed by atoms with Gasteiger partial charge in [0.05, 0.1) is 19.8 Å². The van der Waals surface area contributed by atoms with Crippen molar-refractivity contribution in [1.82, 2.24) is 0 Å². The van der Waals surface area contributed by atoms with E-state index >= 15 is 0 Å². The number of hydrogen-bond donors (Lipinski definition) is 1. The molecule has 1 aromatic carbocycles. The van der Waals surface area contributed by atoms with Crippen LogP contribution in [0.2, 0.25) is 0 Å². The van der Waals surface area contributed by atoms with Gasteiger partial charge in [-0.25, -0.2) is 0 Å². The Morgan fingerprint density at radius 1 is 1.11 bits per heavy atom. The summed E-state index contributed by atoms with van der Waals surface area (Å²) in [5.41, 5.74) is 0.574. The predicted molar refractivity (Wildman–Crippen MR) is 71.7 cm³/mol. The standard InChI is InChI=1S/C15H18O4/c1-4-10-8-9-13(19-10)15(16)14-11(17-2)6-5-7-12(14)18-3/h5-9,15-16H,4H2,1-3H3. The summed E-state index contributed by atoms with van der Waals surface area (Å²) in [6.07, 6.45) is -0.123. The molecule has 4 nitrogen and oxygen atoms in total. The molecule has 1 aromatic heterocycles. The van der Waals surface area contributed by atoms with Gasteiger partial charge < -0.3 is 19.0 Å². The Morgan fingerprint density at radius 2 is 1.74 bits per heavy atom. The van der Waals surface area contributed by atoms with Crippen molar-refractivity contribution in [3.63, 3.8) is 0 Å². The highest BCUT2D eigenvalue weighted by Crippen LogP contribution is 2.37. The highest BCUT2D eigenvalue weighted by Gasteiger charge is 2.23. The summed E-state index contributed by atoms with van der Waals surface area (Å²) in [6.45, 7) is 2.00. The van der Waals surface area contributed by atoms with E-state index in [4.69, 9.17) is 13.9 Å². The average Bonchev–Trinajstić information content (AvgIpc) is 2.94. The van der Waals surface area contributed by atoms with E-state index in [0.29, 0.717) is 22.8 Å².